The van der Waals surface area contributed by atoms with Crippen LogP contribution in [0.2, 0.25) is 0 Å². The maximum Gasteiger partial charge on any atom is 0.306 e. The van der Waals surface area contributed by atoms with E-state index in [9.17, 15) is 35.1 Å². The van der Waals surface area contributed by atoms with Crippen molar-refractivity contribution in [2.24, 2.45) is 0 Å². The Morgan fingerprint density at radius 1 is 0.449 bits per heavy atom. The maximum absolute atomic E-state index is 13.5. The lowest BCUT2D eigenvalue weighted by Crippen LogP contribution is -2.61. The van der Waals surface area contributed by atoms with Gasteiger partial charge in [0.25, 0.3) is 0 Å². The Labute approximate surface area is 543 Å². The smallest absolute Gasteiger partial charge is 0.306 e. The second-order valence-electron chi connectivity index (χ2n) is 24.2. The largest absolute Gasteiger partial charge is 0.454 e. The molecule has 1 heterocycles. The molecule has 0 radical (unpaired) electrons. The fourth-order valence-corrected chi connectivity index (χ4v) is 10.4. The molecule has 8 unspecified atom stereocenters. The lowest BCUT2D eigenvalue weighted by Gasteiger charge is -2.41. The van der Waals surface area contributed by atoms with E-state index in [1.165, 1.54) is 116 Å². The average molecular weight is 1240 g/mol. The zero-order chi connectivity index (χ0) is 64.6. The van der Waals surface area contributed by atoms with E-state index in [1.54, 1.807) is 6.08 Å². The molecule has 6 N–H and O–H groups in total. The van der Waals surface area contributed by atoms with Crippen LogP contribution in [0.15, 0.2) is 134 Å². The van der Waals surface area contributed by atoms with Crippen LogP contribution in [-0.2, 0) is 23.8 Å². The van der Waals surface area contributed by atoms with Crippen LogP contribution in [0.3, 0.4) is 0 Å². The predicted octanol–water partition coefficient (Wildman–Crippen LogP) is 18.7. The van der Waals surface area contributed by atoms with Gasteiger partial charge in [-0.3, -0.25) is 9.59 Å². The summed E-state index contributed by atoms with van der Waals surface area (Å²) in [6.07, 6.45) is 80.6. The first-order valence-electron chi connectivity index (χ1n) is 36.0. The lowest BCUT2D eigenvalue weighted by molar-refractivity contribution is -0.305. The number of nitrogens with one attached hydrogen (secondary N) is 1. The van der Waals surface area contributed by atoms with E-state index in [0.717, 1.165) is 116 Å². The molecule has 0 aromatic carbocycles. The number of rotatable bonds is 60. The Morgan fingerprint density at radius 3 is 1.24 bits per heavy atom. The quantitative estimate of drug-likeness (QED) is 0.0195. The summed E-state index contributed by atoms with van der Waals surface area (Å²) in [6, 6.07) is -1.06. The summed E-state index contributed by atoms with van der Waals surface area (Å²) < 4.78 is 17.7. The Balaban J connectivity index is 2.61. The molecule has 0 aliphatic carbocycles. The molecule has 1 amide bonds. The molecule has 0 saturated carbocycles. The highest BCUT2D eigenvalue weighted by molar-refractivity contribution is 5.80. The molecule has 11 nitrogen and oxygen atoms in total. The summed E-state index contributed by atoms with van der Waals surface area (Å²) in [5.41, 5.74) is 0. The molecule has 1 aliphatic heterocycles. The van der Waals surface area contributed by atoms with Gasteiger partial charge >= 0.3 is 5.97 Å². The van der Waals surface area contributed by atoms with Gasteiger partial charge in [-0.15, -0.1) is 0 Å². The van der Waals surface area contributed by atoms with Crippen LogP contribution in [0, 0.1) is 0 Å². The Kier molecular flexibility index (Phi) is 59.5. The topological polar surface area (TPSA) is 175 Å². The number of hydrogen-bond donors (Lipinski definition) is 6. The molecule has 1 rings (SSSR count). The molecule has 89 heavy (non-hydrogen) atoms. The summed E-state index contributed by atoms with van der Waals surface area (Å²) >= 11 is 0. The molecule has 11 heteroatoms. The number of aliphatic hydroxyl groups is 5. The van der Waals surface area contributed by atoms with Gasteiger partial charge in [-0.2, -0.15) is 0 Å². The van der Waals surface area contributed by atoms with Crippen molar-refractivity contribution in [3.63, 3.8) is 0 Å². The summed E-state index contributed by atoms with van der Waals surface area (Å²) in [7, 11) is 0. The molecular formula is C78H131NO10. The van der Waals surface area contributed by atoms with E-state index in [-0.39, 0.29) is 19.4 Å². The Hall–Kier alpha value is -4.20. The van der Waals surface area contributed by atoms with E-state index in [1.807, 2.05) is 12.2 Å². The molecule has 0 aromatic rings. The van der Waals surface area contributed by atoms with E-state index >= 15 is 0 Å². The highest BCUT2D eigenvalue weighted by atomic mass is 16.7. The van der Waals surface area contributed by atoms with Crippen LogP contribution in [0.4, 0.5) is 0 Å². The van der Waals surface area contributed by atoms with E-state index in [0.29, 0.717) is 19.3 Å². The van der Waals surface area contributed by atoms with Gasteiger partial charge in [-0.05, 0) is 122 Å². The van der Waals surface area contributed by atoms with E-state index < -0.39 is 67.4 Å². The van der Waals surface area contributed by atoms with Crippen LogP contribution < -0.4 is 5.32 Å². The molecule has 508 valence electrons. The molecule has 8 atom stereocenters. The first-order chi connectivity index (χ1) is 43.7. The first kappa shape index (κ1) is 82.8. The molecule has 1 aliphatic rings. The zero-order valence-corrected chi connectivity index (χ0v) is 56.5. The number of unbranched alkanes of at least 4 members (excludes halogenated alkanes) is 26. The van der Waals surface area contributed by atoms with Gasteiger partial charge in [0, 0.05) is 6.42 Å². The molecule has 0 bridgehead atoms. The van der Waals surface area contributed by atoms with Gasteiger partial charge in [-0.1, -0.05) is 289 Å². The minimum absolute atomic E-state index is 0.107. The van der Waals surface area contributed by atoms with E-state index in [4.69, 9.17) is 14.2 Å². The lowest BCUT2D eigenvalue weighted by atomic mass is 9.99. The third kappa shape index (κ3) is 51.1. The predicted molar refractivity (Wildman–Crippen MR) is 374 cm³/mol. The summed E-state index contributed by atoms with van der Waals surface area (Å²) in [5, 5.41) is 57.2. The van der Waals surface area contributed by atoms with Crippen molar-refractivity contribution in [1.29, 1.82) is 0 Å². The number of esters is 1. The third-order valence-electron chi connectivity index (χ3n) is 16.0. The minimum atomic E-state index is -1.63. The number of carbonyl (C=O) groups is 2. The SMILES string of the molecule is CC/C=C\C/C=C\C/C=C\C/C=C\C/C=C\C/C=C\CCCC(O)C(=O)NC(COC1OC(CO)C(O)C(O)C1OC(=O)CCCCCCCCCCCCC/C=C\C/C=C\C/C=C\C/C=C\CCCCC)C(O)/C=C/CCCCCCCCCCCCC. The fourth-order valence-electron chi connectivity index (χ4n) is 10.4. The maximum atomic E-state index is 13.5. The van der Waals surface area contributed by atoms with Crippen LogP contribution in [0.1, 0.15) is 284 Å². The third-order valence-corrected chi connectivity index (χ3v) is 16.0. The highest BCUT2D eigenvalue weighted by Crippen LogP contribution is 2.26. The summed E-state index contributed by atoms with van der Waals surface area (Å²) in [5.74, 6) is -1.25. The van der Waals surface area contributed by atoms with Crippen molar-refractivity contribution in [3.05, 3.63) is 134 Å². The van der Waals surface area contributed by atoms with Crippen molar-refractivity contribution >= 4 is 11.9 Å². The second-order valence-corrected chi connectivity index (χ2v) is 24.2. The van der Waals surface area contributed by atoms with Crippen molar-refractivity contribution in [2.45, 2.75) is 333 Å². The fraction of sp³-hybridized carbons (Fsp3) is 0.692. The van der Waals surface area contributed by atoms with Crippen molar-refractivity contribution in [3.8, 4) is 0 Å². The molecular weight excluding hydrogens is 1110 g/mol. The Bertz CT molecular complexity index is 1960. The highest BCUT2D eigenvalue weighted by Gasteiger charge is 2.47. The van der Waals surface area contributed by atoms with Gasteiger partial charge in [0.2, 0.25) is 5.91 Å². The Morgan fingerprint density at radius 2 is 0.809 bits per heavy atom. The van der Waals surface area contributed by atoms with E-state index in [2.05, 4.69) is 142 Å². The van der Waals surface area contributed by atoms with Crippen LogP contribution in [0.5, 0.6) is 0 Å². The number of carbonyl (C=O) groups excluding carboxylic acids is 2. The molecule has 0 spiro atoms. The first-order valence-corrected chi connectivity index (χ1v) is 36.0. The van der Waals surface area contributed by atoms with Gasteiger partial charge in [0.1, 0.15) is 24.4 Å². The van der Waals surface area contributed by atoms with Gasteiger partial charge in [0.15, 0.2) is 12.4 Å². The van der Waals surface area contributed by atoms with Gasteiger partial charge < -0.3 is 45.1 Å². The van der Waals surface area contributed by atoms with Crippen LogP contribution in [-0.4, -0.2) is 99.6 Å². The standard InChI is InChI=1S/C78H131NO10/c1-4-7-10-13-16-19-22-25-27-29-31-33-34-35-36-37-38-39-41-43-45-48-51-54-57-60-63-66-73(83)89-76-75(85)74(84)72(67-80)88-78(76)87-68-69(70(81)64-61-58-55-52-49-46-24-21-18-15-12-9-6-3)79-77(86)71(82)65-62-59-56-53-50-47-44-42-40-32-30-28-26-23-20-17-14-11-8-5-2/h8,11,16-17,19-20,25-28,31-33,35-36,40,44,47,53,56,61,64,69-72,74-76,78,80-82,84-85H,4-7,9-10,12-15,18,21-24,29-30,34,37-39,41-43,45-46,48-52,54-55,57-60,62-63,65-68H2,1-3H3,(H,79,86)/b11-8-,19-16-,20-17-,27-25-,28-26-,33-31-,36-35-,40-32-,47-44-,56-53-,64-61+. The molecule has 1 fully saturated rings. The summed E-state index contributed by atoms with van der Waals surface area (Å²) in [6.45, 7) is 5.63. The normalized spacial score (nSPS) is 18.9. The second kappa shape index (κ2) is 63.9. The van der Waals surface area contributed by atoms with Crippen molar-refractivity contribution < 1.29 is 49.3 Å². The number of ether oxygens (including phenoxy) is 3. The monoisotopic (exact) mass is 1240 g/mol. The number of amides is 1. The molecule has 0 aromatic heterocycles. The van der Waals surface area contributed by atoms with Crippen molar-refractivity contribution in [1.82, 2.24) is 5.32 Å². The molecule has 1 saturated heterocycles. The van der Waals surface area contributed by atoms with Gasteiger partial charge in [0.05, 0.1) is 25.4 Å². The number of hydrogen-bond acceptors (Lipinski definition) is 10. The average Bonchev–Trinajstić information content (AvgIpc) is 3.14. The minimum Gasteiger partial charge on any atom is -0.454 e. The van der Waals surface area contributed by atoms with Crippen molar-refractivity contribution in [2.75, 3.05) is 13.2 Å². The number of aliphatic hydroxyl groups excluding tert-OH is 5. The summed E-state index contributed by atoms with van der Waals surface area (Å²) in [4.78, 5) is 26.7. The zero-order valence-electron chi connectivity index (χ0n) is 56.5. The number of allylic oxidation sites excluding steroid dienone is 21. The van der Waals surface area contributed by atoms with Crippen LogP contribution in [0.25, 0.3) is 0 Å². The van der Waals surface area contributed by atoms with Crippen LogP contribution >= 0.6 is 0 Å². The van der Waals surface area contributed by atoms with Gasteiger partial charge in [-0.25, -0.2) is 0 Å².